The molecule has 1 saturated carbocycles. The van der Waals surface area contributed by atoms with Crippen molar-refractivity contribution >= 4 is 9.24 Å². The number of hydrogen-bond donors (Lipinski definition) is 0. The first-order valence-corrected chi connectivity index (χ1v) is 7.12. The molecule has 2 heteroatoms. The van der Waals surface area contributed by atoms with Crippen molar-refractivity contribution in [3.63, 3.8) is 0 Å². The fraction of sp³-hybridized carbons (Fsp3) is 0.571. The Kier molecular flexibility index (Phi) is 4.23. The van der Waals surface area contributed by atoms with E-state index in [-0.39, 0.29) is 0 Å². The first kappa shape index (κ1) is 11.9. The van der Waals surface area contributed by atoms with E-state index in [1.807, 2.05) is 6.08 Å². The maximum Gasteiger partial charge on any atom is 0.0333 e. The molecule has 2 unspecified atom stereocenters. The van der Waals surface area contributed by atoms with Crippen LogP contribution in [0.2, 0.25) is 0 Å². The molecule has 88 valence electrons. The maximum absolute atomic E-state index is 3.86. The Bertz CT molecular complexity index is 306. The van der Waals surface area contributed by atoms with Crippen molar-refractivity contribution in [2.45, 2.75) is 38.1 Å². The molecule has 3 atom stereocenters. The van der Waals surface area contributed by atoms with Gasteiger partial charge in [0.15, 0.2) is 0 Å². The van der Waals surface area contributed by atoms with Crippen LogP contribution in [-0.4, -0.2) is 17.1 Å². The monoisotopic (exact) mass is 235 g/mol. The van der Waals surface area contributed by atoms with E-state index in [1.54, 1.807) is 0 Å². The highest BCUT2D eigenvalue weighted by atomic mass is 31.0. The predicted molar refractivity (Wildman–Crippen MR) is 74.2 cm³/mol. The van der Waals surface area contributed by atoms with E-state index >= 15 is 0 Å². The highest BCUT2D eigenvalue weighted by Crippen LogP contribution is 2.33. The van der Waals surface area contributed by atoms with E-state index in [2.05, 4.69) is 39.2 Å². The minimum absolute atomic E-state index is 0.730. The van der Waals surface area contributed by atoms with E-state index in [0.717, 1.165) is 18.4 Å². The molecule has 1 heterocycles. The van der Waals surface area contributed by atoms with Crippen LogP contribution in [0.3, 0.4) is 0 Å². The number of hydrogen-bond acceptors (Lipinski definition) is 1. The molecule has 1 aliphatic carbocycles. The molecule has 0 aromatic carbocycles. The summed E-state index contributed by atoms with van der Waals surface area (Å²) < 4.78 is 0. The van der Waals surface area contributed by atoms with Gasteiger partial charge in [0.05, 0.1) is 0 Å². The first-order chi connectivity index (χ1) is 7.83. The minimum Gasteiger partial charge on any atom is -0.351 e. The summed E-state index contributed by atoms with van der Waals surface area (Å²) in [5.74, 6) is 0.943. The Labute approximate surface area is 101 Å². The highest BCUT2D eigenvalue weighted by molar-refractivity contribution is 7.16. The molecule has 0 aromatic rings. The van der Waals surface area contributed by atoms with E-state index < -0.39 is 0 Å². The molecule has 0 radical (unpaired) electrons. The number of nitrogens with zero attached hydrogens (tertiary/aromatic N) is 1. The molecule has 0 N–H and O–H groups in total. The largest absolute Gasteiger partial charge is 0.351 e. The van der Waals surface area contributed by atoms with Crippen molar-refractivity contribution < 1.29 is 0 Å². The average molecular weight is 235 g/mol. The fourth-order valence-corrected chi connectivity index (χ4v) is 3.25. The first-order valence-electron chi connectivity index (χ1n) is 6.30. The number of allylic oxidation sites excluding steroid dienone is 3. The fourth-order valence-electron chi connectivity index (χ4n) is 2.78. The molecule has 1 nitrogen and oxygen atoms in total. The van der Waals surface area contributed by atoms with Gasteiger partial charge in [-0.25, -0.2) is 0 Å². The summed E-state index contributed by atoms with van der Waals surface area (Å²) in [7, 11) is 2.85. The van der Waals surface area contributed by atoms with Crippen molar-refractivity contribution in [1.29, 1.82) is 0 Å². The van der Waals surface area contributed by atoms with Gasteiger partial charge in [0, 0.05) is 18.4 Å². The SMILES string of the molecule is C=CC1=CN([C@@H]2CCC(CCP)C2)C=CC1. The smallest absolute Gasteiger partial charge is 0.0333 e. The van der Waals surface area contributed by atoms with Crippen LogP contribution in [0.1, 0.15) is 32.1 Å². The maximum atomic E-state index is 3.86. The zero-order valence-corrected chi connectivity index (χ0v) is 11.1. The summed E-state index contributed by atoms with van der Waals surface area (Å²) in [5.41, 5.74) is 1.34. The topological polar surface area (TPSA) is 3.24 Å². The van der Waals surface area contributed by atoms with Crippen LogP contribution < -0.4 is 0 Å². The Morgan fingerprint density at radius 1 is 1.50 bits per heavy atom. The molecule has 0 saturated heterocycles. The minimum atomic E-state index is 0.730. The van der Waals surface area contributed by atoms with Crippen LogP contribution in [-0.2, 0) is 0 Å². The van der Waals surface area contributed by atoms with E-state index in [0.29, 0.717) is 0 Å². The third-order valence-electron chi connectivity index (χ3n) is 3.72. The lowest BCUT2D eigenvalue weighted by Gasteiger charge is -2.27. The second-order valence-electron chi connectivity index (χ2n) is 4.85. The van der Waals surface area contributed by atoms with Gasteiger partial charge in [-0.3, -0.25) is 0 Å². The van der Waals surface area contributed by atoms with E-state index in [9.17, 15) is 0 Å². The van der Waals surface area contributed by atoms with E-state index in [1.165, 1.54) is 37.4 Å². The van der Waals surface area contributed by atoms with Gasteiger partial charge in [-0.15, -0.1) is 9.24 Å². The summed E-state index contributed by atoms with van der Waals surface area (Å²) in [4.78, 5) is 2.41. The Balaban J connectivity index is 1.93. The van der Waals surface area contributed by atoms with Gasteiger partial charge in [0.1, 0.15) is 0 Å². The molecule has 0 aromatic heterocycles. The molecule has 0 spiro atoms. The molecule has 0 bridgehead atoms. The summed E-state index contributed by atoms with van der Waals surface area (Å²) >= 11 is 0. The van der Waals surface area contributed by atoms with Gasteiger partial charge in [0.25, 0.3) is 0 Å². The normalized spacial score (nSPS) is 29.3. The van der Waals surface area contributed by atoms with Crippen LogP contribution in [0.15, 0.2) is 36.7 Å². The van der Waals surface area contributed by atoms with Crippen molar-refractivity contribution in [2.75, 3.05) is 6.16 Å². The lowest BCUT2D eigenvalue weighted by atomic mass is 10.0. The quantitative estimate of drug-likeness (QED) is 0.671. The van der Waals surface area contributed by atoms with Gasteiger partial charge in [-0.2, -0.15) is 0 Å². The van der Waals surface area contributed by atoms with Gasteiger partial charge < -0.3 is 4.90 Å². The summed E-state index contributed by atoms with van der Waals surface area (Å²) in [6, 6.07) is 0.730. The van der Waals surface area contributed by atoms with Crippen molar-refractivity contribution in [3.05, 3.63) is 36.7 Å². The zero-order valence-electron chi connectivity index (χ0n) is 9.94. The van der Waals surface area contributed by atoms with Crippen molar-refractivity contribution in [2.24, 2.45) is 5.92 Å². The average Bonchev–Trinajstić information content (AvgIpc) is 2.78. The lowest BCUT2D eigenvalue weighted by Crippen LogP contribution is -2.25. The molecular formula is C14H22NP. The second kappa shape index (κ2) is 5.68. The lowest BCUT2D eigenvalue weighted by molar-refractivity contribution is 0.351. The Morgan fingerprint density at radius 3 is 3.12 bits per heavy atom. The van der Waals surface area contributed by atoms with Crippen molar-refractivity contribution in [3.8, 4) is 0 Å². The third kappa shape index (κ3) is 2.77. The van der Waals surface area contributed by atoms with Gasteiger partial charge in [0.2, 0.25) is 0 Å². The predicted octanol–water partition coefficient (Wildman–Crippen LogP) is 3.71. The molecule has 2 aliphatic rings. The van der Waals surface area contributed by atoms with Crippen LogP contribution in [0.4, 0.5) is 0 Å². The second-order valence-corrected chi connectivity index (χ2v) is 5.43. The Morgan fingerprint density at radius 2 is 2.38 bits per heavy atom. The van der Waals surface area contributed by atoms with Crippen LogP contribution in [0, 0.1) is 5.92 Å². The van der Waals surface area contributed by atoms with Gasteiger partial charge in [-0.05, 0) is 49.8 Å². The van der Waals surface area contributed by atoms with Crippen LogP contribution >= 0.6 is 9.24 Å². The number of rotatable bonds is 4. The Hall–Kier alpha value is -0.550. The summed E-state index contributed by atoms with van der Waals surface area (Å²) in [6.45, 7) is 3.86. The van der Waals surface area contributed by atoms with Crippen LogP contribution in [0.5, 0.6) is 0 Å². The highest BCUT2D eigenvalue weighted by Gasteiger charge is 2.27. The summed E-state index contributed by atoms with van der Waals surface area (Å²) in [6.07, 6.45) is 16.5. The molecule has 16 heavy (non-hydrogen) atoms. The molecule has 2 rings (SSSR count). The zero-order chi connectivity index (χ0) is 11.4. The van der Waals surface area contributed by atoms with E-state index in [4.69, 9.17) is 0 Å². The molecule has 0 amide bonds. The molecular weight excluding hydrogens is 213 g/mol. The third-order valence-corrected chi connectivity index (χ3v) is 4.05. The molecule has 1 aliphatic heterocycles. The van der Waals surface area contributed by atoms with Gasteiger partial charge >= 0.3 is 0 Å². The van der Waals surface area contributed by atoms with Crippen LogP contribution in [0.25, 0.3) is 0 Å². The summed E-state index contributed by atoms with van der Waals surface area (Å²) in [5, 5.41) is 0. The van der Waals surface area contributed by atoms with Gasteiger partial charge in [-0.1, -0.05) is 18.7 Å². The standard InChI is InChI=1S/C14H22NP/c1-2-12-4-3-8-15(11-12)14-6-5-13(10-14)7-9-16/h2-3,8,11,13-14H,1,4-7,9-10,16H2/t13?,14-/m1/s1. The van der Waals surface area contributed by atoms with Crippen molar-refractivity contribution in [1.82, 2.24) is 4.90 Å². The molecule has 1 fully saturated rings.